The summed E-state index contributed by atoms with van der Waals surface area (Å²) < 4.78 is 16.1. The van der Waals surface area contributed by atoms with E-state index in [0.717, 1.165) is 37.6 Å². The van der Waals surface area contributed by atoms with Crippen LogP contribution in [0.25, 0.3) is 0 Å². The number of nitrogen functional groups attached to an aromatic ring is 1. The molecule has 6 heteroatoms. The second-order valence-electron chi connectivity index (χ2n) is 4.79. The molecule has 0 spiro atoms. The van der Waals surface area contributed by atoms with Gasteiger partial charge in [-0.1, -0.05) is 5.16 Å². The highest BCUT2D eigenvalue weighted by Crippen LogP contribution is 2.24. The minimum atomic E-state index is 0.264. The third-order valence-corrected chi connectivity index (χ3v) is 3.31. The van der Waals surface area contributed by atoms with E-state index in [1.54, 1.807) is 12.1 Å². The number of hydrogen-bond acceptors (Lipinski definition) is 6. The number of rotatable bonds is 4. The fourth-order valence-electron chi connectivity index (χ4n) is 2.16. The topological polar surface area (TPSA) is 83.4 Å². The molecule has 0 saturated carbocycles. The quantitative estimate of drug-likeness (QED) is 0.860. The molecule has 0 unspecified atom stereocenters. The summed E-state index contributed by atoms with van der Waals surface area (Å²) in [4.78, 5) is 4.38. The van der Waals surface area contributed by atoms with Gasteiger partial charge in [-0.25, -0.2) is 0 Å². The molecule has 20 heavy (non-hydrogen) atoms. The molecule has 1 aliphatic heterocycles. The van der Waals surface area contributed by atoms with E-state index in [4.69, 9.17) is 19.7 Å². The van der Waals surface area contributed by atoms with Gasteiger partial charge in [0.05, 0.1) is 0 Å². The summed E-state index contributed by atoms with van der Waals surface area (Å²) in [7, 11) is 0. The molecule has 1 aliphatic rings. The summed E-state index contributed by atoms with van der Waals surface area (Å²) in [5.74, 6) is 2.30. The number of nitrogens with zero attached hydrogens (tertiary/aromatic N) is 2. The molecule has 1 aromatic carbocycles. The second-order valence-corrected chi connectivity index (χ2v) is 4.79. The number of aromatic nitrogens is 2. The van der Waals surface area contributed by atoms with Gasteiger partial charge in [-0.15, -0.1) is 0 Å². The minimum absolute atomic E-state index is 0.264. The van der Waals surface area contributed by atoms with E-state index in [9.17, 15) is 0 Å². The zero-order valence-electron chi connectivity index (χ0n) is 11.1. The molecule has 2 aromatic rings. The first-order chi connectivity index (χ1) is 9.81. The normalized spacial score (nSPS) is 16.2. The molecule has 6 nitrogen and oxygen atoms in total. The lowest BCUT2D eigenvalue weighted by molar-refractivity contribution is 0.0830. The lowest BCUT2D eigenvalue weighted by Gasteiger charge is -2.18. The van der Waals surface area contributed by atoms with Crippen LogP contribution >= 0.6 is 0 Å². The summed E-state index contributed by atoms with van der Waals surface area (Å²) in [5.41, 5.74) is 6.32. The molecule has 0 amide bonds. The summed E-state index contributed by atoms with van der Waals surface area (Å²) in [6.07, 6.45) is 1.88. The second kappa shape index (κ2) is 5.92. The maximum absolute atomic E-state index is 5.61. The van der Waals surface area contributed by atoms with Crippen molar-refractivity contribution in [2.75, 3.05) is 18.9 Å². The summed E-state index contributed by atoms with van der Waals surface area (Å²) in [5, 5.41) is 4.02. The molecule has 106 valence electrons. The van der Waals surface area contributed by atoms with Gasteiger partial charge in [0.2, 0.25) is 0 Å². The number of benzene rings is 1. The number of ether oxygens (including phenoxy) is 2. The molecule has 2 N–H and O–H groups in total. The first-order valence-electron chi connectivity index (χ1n) is 6.70. The average molecular weight is 275 g/mol. The Morgan fingerprint density at radius 1 is 1.20 bits per heavy atom. The molecule has 1 aromatic heterocycles. The molecule has 2 heterocycles. The fourth-order valence-corrected chi connectivity index (χ4v) is 2.16. The highest BCUT2D eigenvalue weighted by molar-refractivity contribution is 5.41. The van der Waals surface area contributed by atoms with Gasteiger partial charge in [0.25, 0.3) is 5.89 Å². The molecule has 3 rings (SSSR count). The predicted octanol–water partition coefficient (Wildman–Crippen LogP) is 2.12. The van der Waals surface area contributed by atoms with Crippen LogP contribution in [-0.4, -0.2) is 23.4 Å². The Hall–Kier alpha value is -2.08. The van der Waals surface area contributed by atoms with Gasteiger partial charge in [0.15, 0.2) is 12.4 Å². The number of anilines is 1. The van der Waals surface area contributed by atoms with E-state index < -0.39 is 0 Å². The SMILES string of the molecule is Nc1ccc(OCc2nc(C3CCOCC3)no2)cc1. The van der Waals surface area contributed by atoms with Gasteiger partial charge in [0, 0.05) is 24.8 Å². The van der Waals surface area contributed by atoms with E-state index in [0.29, 0.717) is 17.5 Å². The molecule has 0 atom stereocenters. The summed E-state index contributed by atoms with van der Waals surface area (Å²) in [6, 6.07) is 7.20. The zero-order valence-corrected chi connectivity index (χ0v) is 11.1. The highest BCUT2D eigenvalue weighted by Gasteiger charge is 2.21. The Bertz CT molecular complexity index is 547. The van der Waals surface area contributed by atoms with Crippen molar-refractivity contribution in [2.45, 2.75) is 25.4 Å². The van der Waals surface area contributed by atoms with E-state index in [2.05, 4.69) is 10.1 Å². The Morgan fingerprint density at radius 3 is 2.70 bits per heavy atom. The summed E-state index contributed by atoms with van der Waals surface area (Å²) >= 11 is 0. The smallest absolute Gasteiger partial charge is 0.264 e. The van der Waals surface area contributed by atoms with Crippen LogP contribution in [0.4, 0.5) is 5.69 Å². The van der Waals surface area contributed by atoms with E-state index in [1.807, 2.05) is 12.1 Å². The molecule has 1 fully saturated rings. The van der Waals surface area contributed by atoms with Crippen LogP contribution in [0.15, 0.2) is 28.8 Å². The largest absolute Gasteiger partial charge is 0.484 e. The van der Waals surface area contributed by atoms with Crippen LogP contribution in [0.3, 0.4) is 0 Å². The van der Waals surface area contributed by atoms with Gasteiger partial charge in [-0.2, -0.15) is 4.98 Å². The van der Waals surface area contributed by atoms with Crippen molar-refractivity contribution in [3.8, 4) is 5.75 Å². The van der Waals surface area contributed by atoms with Crippen molar-refractivity contribution in [2.24, 2.45) is 0 Å². The van der Waals surface area contributed by atoms with Gasteiger partial charge in [-0.05, 0) is 37.1 Å². The molecular weight excluding hydrogens is 258 g/mol. The third-order valence-electron chi connectivity index (χ3n) is 3.31. The monoisotopic (exact) mass is 275 g/mol. The van der Waals surface area contributed by atoms with Gasteiger partial charge < -0.3 is 19.7 Å². The average Bonchev–Trinajstić information content (AvgIpc) is 2.97. The van der Waals surface area contributed by atoms with Crippen LogP contribution in [0, 0.1) is 0 Å². The predicted molar refractivity (Wildman–Crippen MR) is 72.3 cm³/mol. The lowest BCUT2D eigenvalue weighted by atomic mass is 10.00. The number of nitrogens with two attached hydrogens (primary N) is 1. The number of hydrogen-bond donors (Lipinski definition) is 1. The van der Waals surface area contributed by atoms with E-state index in [-0.39, 0.29) is 6.61 Å². The van der Waals surface area contributed by atoms with E-state index >= 15 is 0 Å². The molecule has 1 saturated heterocycles. The molecule has 0 radical (unpaired) electrons. The van der Waals surface area contributed by atoms with Gasteiger partial charge >= 0.3 is 0 Å². The van der Waals surface area contributed by atoms with Crippen molar-refractivity contribution in [3.05, 3.63) is 36.0 Å². The van der Waals surface area contributed by atoms with Crippen LogP contribution in [0.2, 0.25) is 0 Å². The van der Waals surface area contributed by atoms with Crippen molar-refractivity contribution in [1.82, 2.24) is 10.1 Å². The first kappa shape index (κ1) is 12.9. The maximum atomic E-state index is 5.61. The Morgan fingerprint density at radius 2 is 1.95 bits per heavy atom. The van der Waals surface area contributed by atoms with Crippen LogP contribution < -0.4 is 10.5 Å². The standard InChI is InChI=1S/C14H17N3O3/c15-11-1-3-12(4-2-11)19-9-13-16-14(17-20-13)10-5-7-18-8-6-10/h1-4,10H,5-9,15H2. The first-order valence-corrected chi connectivity index (χ1v) is 6.70. The lowest BCUT2D eigenvalue weighted by Crippen LogP contribution is -2.15. The van der Waals surface area contributed by atoms with Crippen molar-refractivity contribution in [3.63, 3.8) is 0 Å². The van der Waals surface area contributed by atoms with Crippen molar-refractivity contribution >= 4 is 5.69 Å². The van der Waals surface area contributed by atoms with Gasteiger partial charge in [0.1, 0.15) is 5.75 Å². The van der Waals surface area contributed by atoms with Crippen molar-refractivity contribution in [1.29, 1.82) is 0 Å². The molecular formula is C14H17N3O3. The maximum Gasteiger partial charge on any atom is 0.264 e. The third kappa shape index (κ3) is 3.08. The van der Waals surface area contributed by atoms with Crippen LogP contribution in [0.5, 0.6) is 5.75 Å². The highest BCUT2D eigenvalue weighted by atomic mass is 16.5. The van der Waals surface area contributed by atoms with Crippen LogP contribution in [0.1, 0.15) is 30.5 Å². The Balaban J connectivity index is 1.58. The Labute approximate surface area is 116 Å². The Kier molecular flexibility index (Phi) is 3.83. The van der Waals surface area contributed by atoms with Crippen LogP contribution in [-0.2, 0) is 11.3 Å². The molecule has 0 bridgehead atoms. The molecule has 0 aliphatic carbocycles. The zero-order chi connectivity index (χ0) is 13.8. The fraction of sp³-hybridized carbons (Fsp3) is 0.429. The van der Waals surface area contributed by atoms with Gasteiger partial charge in [-0.3, -0.25) is 0 Å². The van der Waals surface area contributed by atoms with E-state index in [1.165, 1.54) is 0 Å². The van der Waals surface area contributed by atoms with Crippen molar-refractivity contribution < 1.29 is 14.0 Å². The minimum Gasteiger partial charge on any atom is -0.484 e. The summed E-state index contributed by atoms with van der Waals surface area (Å²) in [6.45, 7) is 1.78.